The number of allylic oxidation sites excluding steroid dienone is 2. The molecule has 1 aromatic carbocycles. The lowest BCUT2D eigenvalue weighted by Crippen LogP contribution is -2.18. The van der Waals surface area contributed by atoms with E-state index in [0.717, 1.165) is 40.0 Å². The van der Waals surface area contributed by atoms with Crippen molar-refractivity contribution in [3.63, 3.8) is 0 Å². The number of halogens is 1. The van der Waals surface area contributed by atoms with Gasteiger partial charge in [0.2, 0.25) is 0 Å². The summed E-state index contributed by atoms with van der Waals surface area (Å²) in [4.78, 5) is 0. The van der Waals surface area contributed by atoms with Crippen molar-refractivity contribution in [3.8, 4) is 6.07 Å². The lowest BCUT2D eigenvalue weighted by molar-refractivity contribution is 0.472. The molecule has 2 bridgehead atoms. The number of benzene rings is 1. The summed E-state index contributed by atoms with van der Waals surface area (Å²) in [6.45, 7) is 0.969. The second-order valence-corrected chi connectivity index (χ2v) is 6.14. The molecule has 3 unspecified atom stereocenters. The molecule has 1 saturated carbocycles. The van der Waals surface area contributed by atoms with Crippen LogP contribution in [-0.2, 0) is 0 Å². The Hall–Kier alpha value is -1.27. The van der Waals surface area contributed by atoms with Gasteiger partial charge in [-0.1, -0.05) is 28.1 Å². The molecule has 1 aromatic rings. The van der Waals surface area contributed by atoms with Crippen LogP contribution in [0.2, 0.25) is 0 Å². The Morgan fingerprint density at radius 1 is 1.33 bits per heavy atom. The van der Waals surface area contributed by atoms with Gasteiger partial charge in [0, 0.05) is 11.0 Å². The number of nitrogens with one attached hydrogen (secondary N) is 1. The van der Waals surface area contributed by atoms with Crippen LogP contribution in [0.5, 0.6) is 0 Å². The molecule has 3 atom stereocenters. The third-order valence-electron chi connectivity index (χ3n) is 4.07. The minimum atomic E-state index is 0.719. The highest BCUT2D eigenvalue weighted by Gasteiger charge is 2.35. The molecule has 3 rings (SSSR count). The minimum Gasteiger partial charge on any atom is -0.384 e. The summed E-state index contributed by atoms with van der Waals surface area (Å²) >= 11 is 3.45. The first-order chi connectivity index (χ1) is 8.76. The molecule has 0 aliphatic heterocycles. The Kier molecular flexibility index (Phi) is 3.13. The van der Waals surface area contributed by atoms with E-state index in [2.05, 4.69) is 39.5 Å². The second kappa shape index (κ2) is 4.78. The summed E-state index contributed by atoms with van der Waals surface area (Å²) in [7, 11) is 0. The molecule has 0 amide bonds. The van der Waals surface area contributed by atoms with Gasteiger partial charge in [-0.2, -0.15) is 5.26 Å². The summed E-state index contributed by atoms with van der Waals surface area (Å²) in [5.74, 6) is 2.28. The molecule has 0 saturated heterocycles. The number of nitrogens with zero attached hydrogens (tertiary/aromatic N) is 1. The molecule has 0 aromatic heterocycles. The van der Waals surface area contributed by atoms with E-state index < -0.39 is 0 Å². The highest BCUT2D eigenvalue weighted by Crippen LogP contribution is 2.43. The van der Waals surface area contributed by atoms with E-state index in [1.165, 1.54) is 12.8 Å². The van der Waals surface area contributed by atoms with Crippen LogP contribution in [0.15, 0.2) is 34.8 Å². The van der Waals surface area contributed by atoms with Gasteiger partial charge in [-0.05, 0) is 48.8 Å². The van der Waals surface area contributed by atoms with Crippen LogP contribution in [0.4, 0.5) is 5.69 Å². The van der Waals surface area contributed by atoms with Gasteiger partial charge in [0.15, 0.2) is 0 Å². The Bertz CT molecular complexity index is 530. The minimum absolute atomic E-state index is 0.719. The average molecular weight is 303 g/mol. The molecular formula is C15H15BrN2. The van der Waals surface area contributed by atoms with E-state index in [1.54, 1.807) is 0 Å². The quantitative estimate of drug-likeness (QED) is 0.858. The van der Waals surface area contributed by atoms with Crippen molar-refractivity contribution in [3.05, 3.63) is 40.4 Å². The van der Waals surface area contributed by atoms with Gasteiger partial charge in [0.1, 0.15) is 6.07 Å². The van der Waals surface area contributed by atoms with Crippen molar-refractivity contribution >= 4 is 21.6 Å². The maximum atomic E-state index is 9.09. The topological polar surface area (TPSA) is 35.8 Å². The lowest BCUT2D eigenvalue weighted by atomic mass is 9.93. The monoisotopic (exact) mass is 302 g/mol. The number of rotatable bonds is 3. The van der Waals surface area contributed by atoms with E-state index in [1.807, 2.05) is 18.2 Å². The summed E-state index contributed by atoms with van der Waals surface area (Å²) in [6.07, 6.45) is 7.35. The predicted molar refractivity (Wildman–Crippen MR) is 76.2 cm³/mol. The van der Waals surface area contributed by atoms with Crippen molar-refractivity contribution in [2.45, 2.75) is 12.8 Å². The van der Waals surface area contributed by atoms with Crippen LogP contribution >= 0.6 is 15.9 Å². The molecule has 2 aliphatic rings. The second-order valence-electron chi connectivity index (χ2n) is 5.22. The molecule has 1 fully saturated rings. The lowest BCUT2D eigenvalue weighted by Gasteiger charge is -2.19. The van der Waals surface area contributed by atoms with E-state index >= 15 is 0 Å². The van der Waals surface area contributed by atoms with Crippen LogP contribution in [0.1, 0.15) is 18.4 Å². The zero-order chi connectivity index (χ0) is 12.5. The Balaban J connectivity index is 1.68. The fourth-order valence-electron chi connectivity index (χ4n) is 3.13. The largest absolute Gasteiger partial charge is 0.384 e. The van der Waals surface area contributed by atoms with Crippen molar-refractivity contribution < 1.29 is 0 Å². The number of hydrogen-bond donors (Lipinski definition) is 1. The van der Waals surface area contributed by atoms with Gasteiger partial charge in [-0.15, -0.1) is 0 Å². The Morgan fingerprint density at radius 3 is 2.89 bits per heavy atom. The van der Waals surface area contributed by atoms with Crippen LogP contribution in [0.3, 0.4) is 0 Å². The van der Waals surface area contributed by atoms with Gasteiger partial charge >= 0.3 is 0 Å². The summed E-state index contributed by atoms with van der Waals surface area (Å²) in [5.41, 5.74) is 1.66. The molecule has 2 nitrogen and oxygen atoms in total. The van der Waals surface area contributed by atoms with Crippen LogP contribution in [0.25, 0.3) is 0 Å². The molecule has 0 heterocycles. The number of hydrogen-bond acceptors (Lipinski definition) is 2. The Morgan fingerprint density at radius 2 is 2.22 bits per heavy atom. The summed E-state index contributed by atoms with van der Waals surface area (Å²) < 4.78 is 1.01. The van der Waals surface area contributed by atoms with Crippen molar-refractivity contribution in [1.82, 2.24) is 0 Å². The SMILES string of the molecule is N#Cc1ccc(Br)cc1NCC1CC2C=CC1C2. The van der Waals surface area contributed by atoms with E-state index in [9.17, 15) is 0 Å². The maximum absolute atomic E-state index is 9.09. The first kappa shape index (κ1) is 11.8. The molecular weight excluding hydrogens is 288 g/mol. The molecule has 0 spiro atoms. The highest BCUT2D eigenvalue weighted by molar-refractivity contribution is 9.10. The molecule has 2 aliphatic carbocycles. The van der Waals surface area contributed by atoms with Gasteiger partial charge in [0.25, 0.3) is 0 Å². The molecule has 18 heavy (non-hydrogen) atoms. The van der Waals surface area contributed by atoms with Gasteiger partial charge in [-0.3, -0.25) is 0 Å². The number of anilines is 1. The first-order valence-electron chi connectivity index (χ1n) is 6.38. The first-order valence-corrected chi connectivity index (χ1v) is 7.17. The Labute approximate surface area is 116 Å². The van der Waals surface area contributed by atoms with Crippen molar-refractivity contribution in [2.75, 3.05) is 11.9 Å². The third kappa shape index (κ3) is 2.18. The van der Waals surface area contributed by atoms with Crippen LogP contribution in [0, 0.1) is 29.1 Å². The molecule has 92 valence electrons. The standard InChI is InChI=1S/C15H15BrN2/c16-14-4-3-12(8-17)15(7-14)18-9-13-6-10-1-2-11(13)5-10/h1-4,7,10-11,13,18H,5-6,9H2. The van der Waals surface area contributed by atoms with Crippen LogP contribution in [-0.4, -0.2) is 6.54 Å². The molecule has 3 heteroatoms. The highest BCUT2D eigenvalue weighted by atomic mass is 79.9. The average Bonchev–Trinajstić information content (AvgIpc) is 2.98. The van der Waals surface area contributed by atoms with E-state index in [0.29, 0.717) is 0 Å². The summed E-state index contributed by atoms with van der Waals surface area (Å²) in [6, 6.07) is 7.98. The van der Waals surface area contributed by atoms with Gasteiger partial charge < -0.3 is 5.32 Å². The number of fused-ring (bicyclic) bond motifs is 2. The zero-order valence-corrected chi connectivity index (χ0v) is 11.7. The van der Waals surface area contributed by atoms with Crippen molar-refractivity contribution in [1.29, 1.82) is 5.26 Å². The normalized spacial score (nSPS) is 28.3. The van der Waals surface area contributed by atoms with E-state index in [-0.39, 0.29) is 0 Å². The fourth-order valence-corrected chi connectivity index (χ4v) is 3.49. The van der Waals surface area contributed by atoms with E-state index in [4.69, 9.17) is 5.26 Å². The van der Waals surface area contributed by atoms with Crippen LogP contribution < -0.4 is 5.32 Å². The smallest absolute Gasteiger partial charge is 0.101 e. The van der Waals surface area contributed by atoms with Gasteiger partial charge in [-0.25, -0.2) is 0 Å². The molecule has 1 N–H and O–H groups in total. The zero-order valence-electron chi connectivity index (χ0n) is 10.1. The molecule has 0 radical (unpaired) electrons. The summed E-state index contributed by atoms with van der Waals surface area (Å²) in [5, 5.41) is 12.5. The van der Waals surface area contributed by atoms with Gasteiger partial charge in [0.05, 0.1) is 11.3 Å². The maximum Gasteiger partial charge on any atom is 0.101 e. The fraction of sp³-hybridized carbons (Fsp3) is 0.400. The predicted octanol–water partition coefficient (Wildman–Crippen LogP) is 3.94. The number of nitriles is 1. The van der Waals surface area contributed by atoms with Crippen molar-refractivity contribution in [2.24, 2.45) is 17.8 Å². The third-order valence-corrected chi connectivity index (χ3v) is 4.57.